The molecule has 1 fully saturated rings. The number of carboxylic acids is 1. The van der Waals surface area contributed by atoms with Crippen molar-refractivity contribution in [3.05, 3.63) is 76.5 Å². The van der Waals surface area contributed by atoms with Gasteiger partial charge in [0.25, 0.3) is 11.8 Å². The van der Waals surface area contributed by atoms with E-state index in [0.29, 0.717) is 22.9 Å². The van der Waals surface area contributed by atoms with Crippen LogP contribution < -0.4 is 11.1 Å². The van der Waals surface area contributed by atoms with Crippen molar-refractivity contribution in [3.8, 4) is 0 Å². The minimum Gasteiger partial charge on any atom is -0.481 e. The Morgan fingerprint density at radius 3 is 2.31 bits per heavy atom. The Labute approximate surface area is 266 Å². The van der Waals surface area contributed by atoms with Crippen LogP contribution >= 0.6 is 0 Å². The maximum absolute atomic E-state index is 14.4. The molecule has 240 valence electrons. The van der Waals surface area contributed by atoms with E-state index in [1.165, 1.54) is 0 Å². The van der Waals surface area contributed by atoms with Gasteiger partial charge in [0.15, 0.2) is 0 Å². The molecule has 9 nitrogen and oxygen atoms in total. The standard InChI is InChI=1S/C36H47N5O4/c1-22(37)31(23(2)38-7)27-9-8-10-28(21-27)32-34(45)41(36(40-32)18-15-29(16-19-36)35(4,5)6)24(3)25-11-13-26(14-12-25)33(44)39-20-17-30(42)43/h8-14,21,24,29H,15-20,37H2,1-7H3,(H,39,44)(H,42,43)/b31-22+,38-23?/t24-,29?,36?/m1/s1. The molecule has 0 saturated heterocycles. The molecule has 45 heavy (non-hydrogen) atoms. The lowest BCUT2D eigenvalue weighted by atomic mass is 9.69. The van der Waals surface area contributed by atoms with E-state index in [9.17, 15) is 14.4 Å². The second-order valence-electron chi connectivity index (χ2n) is 13.4. The summed E-state index contributed by atoms with van der Waals surface area (Å²) >= 11 is 0. The Bertz CT molecular complexity index is 1540. The number of hydrogen-bond acceptors (Lipinski definition) is 6. The maximum Gasteiger partial charge on any atom is 0.305 e. The molecule has 1 atom stereocenters. The lowest BCUT2D eigenvalue weighted by Crippen LogP contribution is -2.50. The Hall–Kier alpha value is -4.27. The lowest BCUT2D eigenvalue weighted by molar-refractivity contribution is -0.137. The number of benzene rings is 2. The summed E-state index contributed by atoms with van der Waals surface area (Å²) in [4.78, 5) is 49.4. The van der Waals surface area contributed by atoms with E-state index in [4.69, 9.17) is 15.8 Å². The quantitative estimate of drug-likeness (QED) is 0.298. The first-order valence-corrected chi connectivity index (χ1v) is 15.7. The van der Waals surface area contributed by atoms with Crippen LogP contribution in [0.2, 0.25) is 0 Å². The third-order valence-corrected chi connectivity index (χ3v) is 9.38. The third kappa shape index (κ3) is 7.18. The van der Waals surface area contributed by atoms with Crippen LogP contribution in [0.1, 0.15) is 107 Å². The third-order valence-electron chi connectivity index (χ3n) is 9.38. The number of nitrogens with one attached hydrogen (secondary N) is 1. The predicted molar refractivity (Wildman–Crippen MR) is 179 cm³/mol. The van der Waals surface area contributed by atoms with Crippen LogP contribution in [0.25, 0.3) is 5.57 Å². The van der Waals surface area contributed by atoms with Crippen molar-refractivity contribution in [1.29, 1.82) is 0 Å². The minimum atomic E-state index is -0.968. The monoisotopic (exact) mass is 613 g/mol. The molecule has 9 heteroatoms. The summed E-state index contributed by atoms with van der Waals surface area (Å²) in [6.07, 6.45) is 3.34. The molecule has 4 N–H and O–H groups in total. The van der Waals surface area contributed by atoms with Crippen LogP contribution in [0.15, 0.2) is 64.2 Å². The molecular weight excluding hydrogens is 566 g/mol. The molecule has 1 aliphatic carbocycles. The van der Waals surface area contributed by atoms with Crippen LogP contribution in [0, 0.1) is 11.3 Å². The molecule has 2 aliphatic rings. The van der Waals surface area contributed by atoms with Gasteiger partial charge < -0.3 is 21.1 Å². The molecule has 2 aromatic rings. The van der Waals surface area contributed by atoms with E-state index in [2.05, 4.69) is 31.1 Å². The molecule has 0 unspecified atom stereocenters. The number of aliphatic carboxylic acids is 1. The molecule has 2 amide bonds. The largest absolute Gasteiger partial charge is 0.481 e. The van der Waals surface area contributed by atoms with E-state index in [1.54, 1.807) is 19.2 Å². The summed E-state index contributed by atoms with van der Waals surface area (Å²) in [6, 6.07) is 14.7. The van der Waals surface area contributed by atoms with Crippen molar-refractivity contribution in [2.24, 2.45) is 27.1 Å². The highest BCUT2D eigenvalue weighted by Gasteiger charge is 2.52. The Morgan fingerprint density at radius 2 is 1.76 bits per heavy atom. The van der Waals surface area contributed by atoms with Gasteiger partial charge in [0, 0.05) is 41.7 Å². The van der Waals surface area contributed by atoms with Gasteiger partial charge in [0.2, 0.25) is 0 Å². The zero-order valence-corrected chi connectivity index (χ0v) is 27.6. The van der Waals surface area contributed by atoms with E-state index in [-0.39, 0.29) is 36.2 Å². The summed E-state index contributed by atoms with van der Waals surface area (Å²) in [5.41, 5.74) is 11.5. The van der Waals surface area contributed by atoms with Crippen LogP contribution in [-0.2, 0) is 9.59 Å². The Balaban J connectivity index is 1.69. The smallest absolute Gasteiger partial charge is 0.305 e. The molecule has 0 radical (unpaired) electrons. The van der Waals surface area contributed by atoms with Gasteiger partial charge >= 0.3 is 5.97 Å². The summed E-state index contributed by atoms with van der Waals surface area (Å²) < 4.78 is 0. The van der Waals surface area contributed by atoms with Crippen LogP contribution in [0.4, 0.5) is 0 Å². The fourth-order valence-electron chi connectivity index (χ4n) is 6.74. The fraction of sp³-hybridized carbons (Fsp3) is 0.472. The molecule has 1 aliphatic heterocycles. The number of carboxylic acid groups (broad SMARTS) is 1. The highest BCUT2D eigenvalue weighted by Crippen LogP contribution is 2.49. The lowest BCUT2D eigenvalue weighted by Gasteiger charge is -2.46. The number of carbonyl (C=O) groups is 3. The molecular formula is C36H47N5O4. The number of hydrogen-bond donors (Lipinski definition) is 3. The van der Waals surface area contributed by atoms with Crippen LogP contribution in [-0.4, -0.2) is 58.5 Å². The minimum absolute atomic E-state index is 0.0565. The first-order valence-electron chi connectivity index (χ1n) is 15.7. The van der Waals surface area contributed by atoms with Crippen molar-refractivity contribution in [2.75, 3.05) is 13.6 Å². The molecule has 0 bridgehead atoms. The Kier molecular flexibility index (Phi) is 10.00. The average molecular weight is 614 g/mol. The number of carbonyl (C=O) groups excluding carboxylic acids is 2. The zero-order valence-electron chi connectivity index (χ0n) is 27.6. The summed E-state index contributed by atoms with van der Waals surface area (Å²) in [6.45, 7) is 12.7. The SMILES string of the molecule is CN=C(C)/C(=C(/C)N)c1cccc(C2=NC3(CCC(C(C)(C)C)CC3)N([C@H](C)c3ccc(C(=O)NCCC(=O)O)cc3)C2=O)c1. The van der Waals surface area contributed by atoms with E-state index in [0.717, 1.165) is 53.7 Å². The number of allylic oxidation sites excluding steroid dienone is 2. The van der Waals surface area contributed by atoms with Gasteiger partial charge in [0.05, 0.1) is 12.5 Å². The molecule has 4 rings (SSSR count). The maximum atomic E-state index is 14.4. The van der Waals surface area contributed by atoms with E-state index < -0.39 is 11.6 Å². The van der Waals surface area contributed by atoms with Crippen LogP contribution in [0.3, 0.4) is 0 Å². The fourth-order valence-corrected chi connectivity index (χ4v) is 6.74. The first-order chi connectivity index (χ1) is 21.2. The molecule has 2 aromatic carbocycles. The molecule has 1 heterocycles. The van der Waals surface area contributed by atoms with E-state index in [1.807, 2.05) is 62.1 Å². The second kappa shape index (κ2) is 13.4. The summed E-state index contributed by atoms with van der Waals surface area (Å²) in [7, 11) is 1.74. The van der Waals surface area contributed by atoms with Gasteiger partial charge in [-0.2, -0.15) is 0 Å². The first kappa shape index (κ1) is 33.6. The highest BCUT2D eigenvalue weighted by atomic mass is 16.4. The van der Waals surface area contributed by atoms with Crippen molar-refractivity contribution < 1.29 is 19.5 Å². The zero-order chi connectivity index (χ0) is 33.1. The number of aliphatic imine (C=N–C) groups is 2. The topological polar surface area (TPSA) is 137 Å². The molecule has 1 saturated carbocycles. The Morgan fingerprint density at radius 1 is 1.11 bits per heavy atom. The molecule has 1 spiro atoms. The average Bonchev–Trinajstić information content (AvgIpc) is 3.27. The van der Waals surface area contributed by atoms with Gasteiger partial charge in [-0.1, -0.05) is 51.1 Å². The predicted octanol–water partition coefficient (Wildman–Crippen LogP) is 6.00. The van der Waals surface area contributed by atoms with Crippen molar-refractivity contribution in [1.82, 2.24) is 10.2 Å². The van der Waals surface area contributed by atoms with Crippen molar-refractivity contribution in [2.45, 2.75) is 85.4 Å². The van der Waals surface area contributed by atoms with Gasteiger partial charge in [0.1, 0.15) is 11.4 Å². The van der Waals surface area contributed by atoms with Gasteiger partial charge in [-0.25, -0.2) is 0 Å². The summed E-state index contributed by atoms with van der Waals surface area (Å²) in [5, 5.41) is 11.5. The normalized spacial score (nSPS) is 21.8. The molecule has 0 aromatic heterocycles. The van der Waals surface area contributed by atoms with Gasteiger partial charge in [-0.15, -0.1) is 0 Å². The van der Waals surface area contributed by atoms with Crippen LogP contribution in [0.5, 0.6) is 0 Å². The van der Waals surface area contributed by atoms with E-state index >= 15 is 0 Å². The number of amides is 2. The number of rotatable bonds is 9. The van der Waals surface area contributed by atoms with Gasteiger partial charge in [-0.05, 0) is 87.1 Å². The number of nitrogens with zero attached hydrogens (tertiary/aromatic N) is 3. The highest BCUT2D eigenvalue weighted by molar-refractivity contribution is 6.47. The van der Waals surface area contributed by atoms with Crippen molar-refractivity contribution in [3.63, 3.8) is 0 Å². The van der Waals surface area contributed by atoms with Crippen molar-refractivity contribution >= 4 is 34.8 Å². The summed E-state index contributed by atoms with van der Waals surface area (Å²) in [5.74, 6) is -0.877. The van der Waals surface area contributed by atoms with Gasteiger partial charge in [-0.3, -0.25) is 24.4 Å². The number of nitrogens with two attached hydrogens (primary N) is 1. The second-order valence-corrected chi connectivity index (χ2v) is 13.4.